The van der Waals surface area contributed by atoms with E-state index in [0.717, 1.165) is 0 Å². The molecular formula is C14H16Cl2N2O5S. The Morgan fingerprint density at radius 3 is 2.21 bits per heavy atom. The van der Waals surface area contributed by atoms with Crippen molar-refractivity contribution >= 4 is 50.8 Å². The Morgan fingerprint density at radius 1 is 1.29 bits per heavy atom. The van der Waals surface area contributed by atoms with Crippen molar-refractivity contribution in [2.45, 2.75) is 35.6 Å². The molecule has 10 heteroatoms. The predicted octanol–water partition coefficient (Wildman–Crippen LogP) is 1.79. The number of rotatable bonds is 5. The van der Waals surface area contributed by atoms with Gasteiger partial charge in [0.25, 0.3) is 5.91 Å². The van der Waals surface area contributed by atoms with E-state index in [1.807, 2.05) is 0 Å². The molecule has 1 fully saturated rings. The number of benzene rings is 1. The second kappa shape index (κ2) is 6.18. The summed E-state index contributed by atoms with van der Waals surface area (Å²) in [5.41, 5.74) is -0.695. The zero-order valence-corrected chi connectivity index (χ0v) is 15.2. The number of hydrogen-bond donors (Lipinski definition) is 2. The first-order chi connectivity index (χ1) is 10.9. The zero-order valence-electron chi connectivity index (χ0n) is 12.9. The molecular weight excluding hydrogens is 379 g/mol. The summed E-state index contributed by atoms with van der Waals surface area (Å²) in [6.45, 7) is 2.97. The van der Waals surface area contributed by atoms with E-state index in [9.17, 15) is 18.0 Å². The molecule has 7 nitrogen and oxygen atoms in total. The lowest BCUT2D eigenvalue weighted by Crippen LogP contribution is -2.33. The molecule has 1 saturated carbocycles. The molecule has 0 bridgehead atoms. The summed E-state index contributed by atoms with van der Waals surface area (Å²) in [6, 6.07) is 5.25. The molecule has 1 aliphatic rings. The third kappa shape index (κ3) is 3.83. The average Bonchev–Trinajstić information content (AvgIpc) is 2.98. The monoisotopic (exact) mass is 394 g/mol. The van der Waals surface area contributed by atoms with Crippen molar-refractivity contribution in [3.63, 3.8) is 0 Å². The van der Waals surface area contributed by atoms with Crippen molar-refractivity contribution in [1.82, 2.24) is 0 Å². The van der Waals surface area contributed by atoms with Crippen molar-refractivity contribution in [3.8, 4) is 0 Å². The molecule has 0 unspecified atom stereocenters. The Bertz CT molecular complexity index is 779. The van der Waals surface area contributed by atoms with Gasteiger partial charge in [-0.1, -0.05) is 0 Å². The highest BCUT2D eigenvalue weighted by Crippen LogP contribution is 2.64. The van der Waals surface area contributed by atoms with Crippen LogP contribution in [0.3, 0.4) is 0 Å². The summed E-state index contributed by atoms with van der Waals surface area (Å²) in [6.07, 6.45) is -0.817. The smallest absolute Gasteiger partial charge is 0.315 e. The topological polar surface area (TPSA) is 116 Å². The molecule has 24 heavy (non-hydrogen) atoms. The molecule has 1 aromatic carbocycles. The summed E-state index contributed by atoms with van der Waals surface area (Å²) in [5.74, 6) is -1.23. The first-order valence-electron chi connectivity index (χ1n) is 6.89. The minimum Gasteiger partial charge on any atom is -0.452 e. The highest BCUT2D eigenvalue weighted by atomic mass is 35.5. The number of primary sulfonamides is 1. The number of carbonyl (C=O) groups is 2. The summed E-state index contributed by atoms with van der Waals surface area (Å²) in [4.78, 5) is 24.0. The largest absolute Gasteiger partial charge is 0.452 e. The first-order valence-corrected chi connectivity index (χ1v) is 9.20. The van der Waals surface area contributed by atoms with Crippen LogP contribution in [-0.4, -0.2) is 30.7 Å². The van der Waals surface area contributed by atoms with Crippen LogP contribution in [0.1, 0.15) is 20.3 Å². The van der Waals surface area contributed by atoms with Crippen LogP contribution >= 0.6 is 23.2 Å². The Labute approximate surface area is 149 Å². The van der Waals surface area contributed by atoms with Crippen LogP contribution in [-0.2, 0) is 24.3 Å². The summed E-state index contributed by atoms with van der Waals surface area (Å²) < 4.78 is 26.2. The van der Waals surface area contributed by atoms with E-state index in [1.165, 1.54) is 31.2 Å². The van der Waals surface area contributed by atoms with Gasteiger partial charge in [-0.3, -0.25) is 9.59 Å². The standard InChI is InChI=1S/C14H16Cl2N2O5S/c1-8(23-12(20)13(2)7-14(13,15)16)11(19)18-9-3-5-10(6-4-9)24(17,21)22/h3-6,8H,7H2,1-2H3,(H,18,19)(H2,17,21,22)/t8-,13-/m1/s1. The van der Waals surface area contributed by atoms with E-state index in [1.54, 1.807) is 6.92 Å². The van der Waals surface area contributed by atoms with Gasteiger partial charge in [-0.25, -0.2) is 13.6 Å². The second-order valence-corrected chi connectivity index (χ2v) is 8.86. The lowest BCUT2D eigenvalue weighted by Gasteiger charge is -2.17. The van der Waals surface area contributed by atoms with Gasteiger partial charge in [0.05, 0.1) is 4.90 Å². The number of ether oxygens (including phenoxy) is 1. The van der Waals surface area contributed by atoms with Gasteiger partial charge in [-0.05, 0) is 38.1 Å². The van der Waals surface area contributed by atoms with E-state index in [-0.39, 0.29) is 11.3 Å². The van der Waals surface area contributed by atoms with Crippen molar-refractivity contribution in [2.75, 3.05) is 5.32 Å². The number of sulfonamides is 1. The van der Waals surface area contributed by atoms with Crippen LogP contribution in [0.2, 0.25) is 0 Å². The number of nitrogens with two attached hydrogens (primary N) is 1. The van der Waals surface area contributed by atoms with Gasteiger partial charge in [0.1, 0.15) is 9.75 Å². The number of carbonyl (C=O) groups excluding carboxylic acids is 2. The lowest BCUT2D eigenvalue weighted by molar-refractivity contribution is -0.158. The number of esters is 1. The van der Waals surface area contributed by atoms with Crippen LogP contribution in [0.5, 0.6) is 0 Å². The van der Waals surface area contributed by atoms with Gasteiger partial charge in [-0.15, -0.1) is 23.2 Å². The van der Waals surface area contributed by atoms with Gasteiger partial charge in [-0.2, -0.15) is 0 Å². The molecule has 0 aliphatic heterocycles. The van der Waals surface area contributed by atoms with E-state index >= 15 is 0 Å². The van der Waals surface area contributed by atoms with Crippen molar-refractivity contribution in [1.29, 1.82) is 0 Å². The van der Waals surface area contributed by atoms with Crippen LogP contribution in [0, 0.1) is 5.41 Å². The van der Waals surface area contributed by atoms with E-state index in [4.69, 9.17) is 33.1 Å². The maximum absolute atomic E-state index is 12.0. The van der Waals surface area contributed by atoms with Crippen molar-refractivity contribution < 1.29 is 22.7 Å². The molecule has 2 rings (SSSR count). The van der Waals surface area contributed by atoms with Crippen molar-refractivity contribution in [3.05, 3.63) is 24.3 Å². The summed E-state index contributed by atoms with van der Waals surface area (Å²) >= 11 is 11.8. The van der Waals surface area contributed by atoms with Crippen LogP contribution in [0.25, 0.3) is 0 Å². The number of anilines is 1. The Balaban J connectivity index is 1.96. The molecule has 0 heterocycles. The minimum atomic E-state index is -3.81. The minimum absolute atomic E-state index is 0.0813. The van der Waals surface area contributed by atoms with Crippen LogP contribution in [0.4, 0.5) is 5.69 Å². The number of alkyl halides is 2. The molecule has 1 aliphatic carbocycles. The molecule has 3 N–H and O–H groups in total. The normalized spacial score (nSPS) is 23.2. The second-order valence-electron chi connectivity index (χ2n) is 5.82. The number of halogens is 2. The SMILES string of the molecule is C[C@@H](OC(=O)[C@@]1(C)CC1(Cl)Cl)C(=O)Nc1ccc(S(N)(=O)=O)cc1. The molecule has 1 amide bonds. The van der Waals surface area contributed by atoms with Crippen molar-refractivity contribution in [2.24, 2.45) is 10.6 Å². The van der Waals surface area contributed by atoms with Crippen LogP contribution < -0.4 is 10.5 Å². The summed E-state index contributed by atoms with van der Waals surface area (Å²) in [7, 11) is -3.81. The van der Waals surface area contributed by atoms with Crippen LogP contribution in [0.15, 0.2) is 29.2 Å². The molecule has 0 saturated heterocycles. The van der Waals surface area contributed by atoms with Gasteiger partial charge in [0.15, 0.2) is 6.10 Å². The average molecular weight is 395 g/mol. The predicted molar refractivity (Wildman–Crippen MR) is 89.2 cm³/mol. The number of hydrogen-bond acceptors (Lipinski definition) is 5. The highest BCUT2D eigenvalue weighted by molar-refractivity contribution is 7.89. The maximum atomic E-state index is 12.0. The maximum Gasteiger partial charge on any atom is 0.315 e. The molecule has 2 atom stereocenters. The lowest BCUT2D eigenvalue weighted by atomic mass is 10.1. The Hall–Kier alpha value is -1.35. The highest BCUT2D eigenvalue weighted by Gasteiger charge is 2.69. The third-order valence-corrected chi connectivity index (χ3v) is 5.84. The fourth-order valence-electron chi connectivity index (χ4n) is 1.94. The number of nitrogens with one attached hydrogen (secondary N) is 1. The van der Waals surface area contributed by atoms with Gasteiger partial charge < -0.3 is 10.1 Å². The van der Waals surface area contributed by atoms with E-state index in [0.29, 0.717) is 5.69 Å². The van der Waals surface area contributed by atoms with Gasteiger partial charge in [0, 0.05) is 12.1 Å². The Morgan fingerprint density at radius 2 is 1.79 bits per heavy atom. The third-order valence-electron chi connectivity index (χ3n) is 3.81. The van der Waals surface area contributed by atoms with Gasteiger partial charge >= 0.3 is 5.97 Å². The molecule has 0 aromatic heterocycles. The molecule has 132 valence electrons. The molecule has 1 aromatic rings. The van der Waals surface area contributed by atoms with Gasteiger partial charge in [0.2, 0.25) is 10.0 Å². The fraction of sp³-hybridized carbons (Fsp3) is 0.429. The number of amides is 1. The Kier molecular flexibility index (Phi) is 4.89. The molecule has 0 radical (unpaired) electrons. The first kappa shape index (κ1) is 19.0. The summed E-state index contributed by atoms with van der Waals surface area (Å²) in [5, 5.41) is 7.49. The molecule has 0 spiro atoms. The quantitative estimate of drug-likeness (QED) is 0.583. The fourth-order valence-corrected chi connectivity index (χ4v) is 3.14. The zero-order chi connectivity index (χ0) is 18.3. The van der Waals surface area contributed by atoms with E-state index in [2.05, 4.69) is 5.32 Å². The van der Waals surface area contributed by atoms with E-state index < -0.39 is 37.8 Å².